The Bertz CT molecular complexity index is 614. The summed E-state index contributed by atoms with van der Waals surface area (Å²) in [4.78, 5) is 48.4. The van der Waals surface area contributed by atoms with Gasteiger partial charge in [0.2, 0.25) is 17.7 Å². The van der Waals surface area contributed by atoms with Gasteiger partial charge in [-0.15, -0.1) is 0 Å². The van der Waals surface area contributed by atoms with Crippen LogP contribution in [0.1, 0.15) is 40.0 Å². The molecule has 7 atom stereocenters. The highest BCUT2D eigenvalue weighted by Gasteiger charge is 2.34. The van der Waals surface area contributed by atoms with Crippen molar-refractivity contribution in [3.63, 3.8) is 0 Å². The standard InChI is InChI=1S/C18H35N5O8/c1-8(24)12(20)15(27)22-14(10(3)26)17(29)23-13(9(2)25)16(28)21-11(18(30)31)6-4-5-7-19/h8-14,24-26H,4-7,19-20H2,1-3H3,(H,21,28)(H,22,27)(H,23,29)(H,30,31). The van der Waals surface area contributed by atoms with E-state index in [1.54, 1.807) is 0 Å². The summed E-state index contributed by atoms with van der Waals surface area (Å²) in [5.41, 5.74) is 10.9. The Kier molecular flexibility index (Phi) is 12.8. The largest absolute Gasteiger partial charge is 0.480 e. The monoisotopic (exact) mass is 449 g/mol. The summed E-state index contributed by atoms with van der Waals surface area (Å²) in [6.07, 6.45) is -2.96. The molecule has 0 saturated heterocycles. The van der Waals surface area contributed by atoms with Crippen molar-refractivity contribution in [1.82, 2.24) is 16.0 Å². The smallest absolute Gasteiger partial charge is 0.326 e. The lowest BCUT2D eigenvalue weighted by molar-refractivity contribution is -0.143. The van der Waals surface area contributed by atoms with Crippen molar-refractivity contribution >= 4 is 23.7 Å². The normalized spacial score (nSPS) is 17.9. The van der Waals surface area contributed by atoms with Crippen molar-refractivity contribution in [2.45, 2.75) is 82.5 Å². The highest BCUT2D eigenvalue weighted by atomic mass is 16.4. The highest BCUT2D eigenvalue weighted by molar-refractivity contribution is 5.94. The van der Waals surface area contributed by atoms with Crippen molar-refractivity contribution in [2.24, 2.45) is 11.5 Å². The second kappa shape index (κ2) is 13.9. The van der Waals surface area contributed by atoms with Crippen LogP contribution in [0.4, 0.5) is 0 Å². The van der Waals surface area contributed by atoms with E-state index in [4.69, 9.17) is 11.5 Å². The van der Waals surface area contributed by atoms with Crippen LogP contribution < -0.4 is 27.4 Å². The first-order chi connectivity index (χ1) is 14.3. The zero-order valence-electron chi connectivity index (χ0n) is 17.9. The molecule has 0 spiro atoms. The van der Waals surface area contributed by atoms with Gasteiger partial charge in [-0.1, -0.05) is 0 Å². The predicted octanol–water partition coefficient (Wildman–Crippen LogP) is -3.88. The molecule has 31 heavy (non-hydrogen) atoms. The van der Waals surface area contributed by atoms with Crippen molar-refractivity contribution < 1.29 is 39.6 Å². The lowest BCUT2D eigenvalue weighted by Crippen LogP contribution is -2.62. The number of nitrogens with one attached hydrogen (secondary N) is 3. The fourth-order valence-corrected chi connectivity index (χ4v) is 2.53. The second-order valence-corrected chi connectivity index (χ2v) is 7.40. The second-order valence-electron chi connectivity index (χ2n) is 7.40. The van der Waals surface area contributed by atoms with Crippen molar-refractivity contribution in [3.05, 3.63) is 0 Å². The molecule has 0 aromatic heterocycles. The van der Waals surface area contributed by atoms with Crippen LogP contribution in [0.15, 0.2) is 0 Å². The summed E-state index contributed by atoms with van der Waals surface area (Å²) < 4.78 is 0. The van der Waals surface area contributed by atoms with Gasteiger partial charge in [0.05, 0.1) is 18.3 Å². The van der Waals surface area contributed by atoms with E-state index in [9.17, 15) is 39.6 Å². The summed E-state index contributed by atoms with van der Waals surface area (Å²) in [6, 6.07) is -5.73. The topological polar surface area (TPSA) is 237 Å². The van der Waals surface area contributed by atoms with Gasteiger partial charge in [0.1, 0.15) is 24.2 Å². The van der Waals surface area contributed by atoms with Gasteiger partial charge in [0.25, 0.3) is 0 Å². The molecule has 0 fully saturated rings. The molecule has 0 aliphatic heterocycles. The Hall–Kier alpha value is -2.32. The van der Waals surface area contributed by atoms with Crippen LogP contribution in [0.25, 0.3) is 0 Å². The Morgan fingerprint density at radius 2 is 1.23 bits per heavy atom. The first kappa shape index (κ1) is 28.7. The molecule has 0 bridgehead atoms. The van der Waals surface area contributed by atoms with Crippen LogP contribution in [0.3, 0.4) is 0 Å². The quantitative estimate of drug-likeness (QED) is 0.117. The molecule has 0 rings (SSSR count). The van der Waals surface area contributed by atoms with Gasteiger partial charge >= 0.3 is 5.97 Å². The average molecular weight is 450 g/mol. The maximum absolute atomic E-state index is 12.6. The Balaban J connectivity index is 5.30. The van der Waals surface area contributed by atoms with E-state index in [0.29, 0.717) is 19.4 Å². The first-order valence-electron chi connectivity index (χ1n) is 9.97. The third-order valence-electron chi connectivity index (χ3n) is 4.51. The van der Waals surface area contributed by atoms with Crippen molar-refractivity contribution in [2.75, 3.05) is 6.54 Å². The third kappa shape index (κ3) is 10.0. The summed E-state index contributed by atoms with van der Waals surface area (Å²) >= 11 is 0. The van der Waals surface area contributed by atoms with E-state index in [2.05, 4.69) is 16.0 Å². The van der Waals surface area contributed by atoms with Crippen LogP contribution in [-0.2, 0) is 19.2 Å². The molecule has 13 nitrogen and oxygen atoms in total. The molecule has 180 valence electrons. The molecule has 0 heterocycles. The number of nitrogens with two attached hydrogens (primary N) is 2. The Morgan fingerprint density at radius 3 is 1.61 bits per heavy atom. The number of rotatable bonds is 14. The van der Waals surface area contributed by atoms with E-state index in [1.807, 2.05) is 0 Å². The summed E-state index contributed by atoms with van der Waals surface area (Å²) in [5, 5.41) is 45.0. The minimum Gasteiger partial charge on any atom is -0.480 e. The van der Waals surface area contributed by atoms with Crippen molar-refractivity contribution in [3.8, 4) is 0 Å². The number of aliphatic carboxylic acids is 1. The van der Waals surface area contributed by atoms with Crippen LogP contribution >= 0.6 is 0 Å². The number of carbonyl (C=O) groups is 4. The van der Waals surface area contributed by atoms with E-state index in [1.165, 1.54) is 20.8 Å². The molecule has 3 amide bonds. The molecular formula is C18H35N5O8. The van der Waals surface area contributed by atoms with Gasteiger partial charge in [-0.3, -0.25) is 14.4 Å². The number of aliphatic hydroxyl groups excluding tert-OH is 3. The summed E-state index contributed by atoms with van der Waals surface area (Å²) in [5.74, 6) is -4.18. The maximum atomic E-state index is 12.6. The zero-order valence-corrected chi connectivity index (χ0v) is 17.9. The van der Waals surface area contributed by atoms with Gasteiger partial charge < -0.3 is 47.8 Å². The van der Waals surface area contributed by atoms with Gasteiger partial charge in [-0.05, 0) is 46.6 Å². The predicted molar refractivity (Wildman–Crippen MR) is 109 cm³/mol. The van der Waals surface area contributed by atoms with E-state index < -0.39 is 66.2 Å². The molecule has 0 aromatic carbocycles. The lowest BCUT2D eigenvalue weighted by Gasteiger charge is -2.27. The van der Waals surface area contributed by atoms with Crippen LogP contribution in [0, 0.1) is 0 Å². The summed E-state index contributed by atoms with van der Waals surface area (Å²) in [6.45, 7) is 4.03. The van der Waals surface area contributed by atoms with Gasteiger partial charge in [-0.2, -0.15) is 0 Å². The molecular weight excluding hydrogens is 414 g/mol. The summed E-state index contributed by atoms with van der Waals surface area (Å²) in [7, 11) is 0. The third-order valence-corrected chi connectivity index (χ3v) is 4.51. The SMILES string of the molecule is CC(O)C(N)C(=O)NC(C(=O)NC(C(=O)NC(CCCCN)C(=O)O)C(C)O)C(C)O. The minimum atomic E-state index is -1.56. The lowest BCUT2D eigenvalue weighted by atomic mass is 10.1. The van der Waals surface area contributed by atoms with E-state index in [-0.39, 0.29) is 6.42 Å². The number of amides is 3. The number of carboxylic acid groups (broad SMARTS) is 1. The molecule has 11 N–H and O–H groups in total. The average Bonchev–Trinajstić information content (AvgIpc) is 2.67. The van der Waals surface area contributed by atoms with Crippen LogP contribution in [0.2, 0.25) is 0 Å². The number of hydrogen-bond donors (Lipinski definition) is 9. The molecule has 13 heteroatoms. The molecule has 0 radical (unpaired) electrons. The fraction of sp³-hybridized carbons (Fsp3) is 0.778. The molecule has 0 aliphatic rings. The highest BCUT2D eigenvalue weighted by Crippen LogP contribution is 2.04. The molecule has 7 unspecified atom stereocenters. The molecule has 0 aromatic rings. The maximum Gasteiger partial charge on any atom is 0.326 e. The van der Waals surface area contributed by atoms with Gasteiger partial charge in [0, 0.05) is 0 Å². The first-order valence-corrected chi connectivity index (χ1v) is 9.97. The number of aliphatic hydroxyl groups is 3. The number of carboxylic acids is 1. The van der Waals surface area contributed by atoms with Crippen molar-refractivity contribution in [1.29, 1.82) is 0 Å². The zero-order chi connectivity index (χ0) is 24.3. The fourth-order valence-electron chi connectivity index (χ4n) is 2.53. The Morgan fingerprint density at radius 1 is 0.774 bits per heavy atom. The minimum absolute atomic E-state index is 0.0995. The van der Waals surface area contributed by atoms with Crippen LogP contribution in [0.5, 0.6) is 0 Å². The number of unbranched alkanes of at least 4 members (excludes halogenated alkanes) is 1. The molecule has 0 aliphatic carbocycles. The number of carbonyl (C=O) groups excluding carboxylic acids is 3. The van der Waals surface area contributed by atoms with Gasteiger partial charge in [-0.25, -0.2) is 4.79 Å². The van der Waals surface area contributed by atoms with Crippen LogP contribution in [-0.4, -0.2) is 93.1 Å². The Labute approximate surface area is 180 Å². The van der Waals surface area contributed by atoms with Gasteiger partial charge in [0.15, 0.2) is 0 Å². The van der Waals surface area contributed by atoms with E-state index in [0.717, 1.165) is 0 Å². The van der Waals surface area contributed by atoms with E-state index >= 15 is 0 Å². The number of hydrogen-bond acceptors (Lipinski definition) is 9. The molecule has 0 saturated carbocycles.